The van der Waals surface area contributed by atoms with Crippen LogP contribution in [0.5, 0.6) is 5.75 Å². The van der Waals surface area contributed by atoms with E-state index in [0.717, 1.165) is 36.2 Å². The summed E-state index contributed by atoms with van der Waals surface area (Å²) in [6.45, 7) is 9.69. The maximum Gasteiger partial charge on any atom is 0.282 e. The second-order valence-electron chi connectivity index (χ2n) is 8.59. The first-order chi connectivity index (χ1) is 15.4. The minimum absolute atomic E-state index is 0.276. The van der Waals surface area contributed by atoms with Gasteiger partial charge in [-0.3, -0.25) is 9.59 Å². The zero-order chi connectivity index (χ0) is 22.8. The highest BCUT2D eigenvalue weighted by Gasteiger charge is 2.44. The number of para-hydroxylation sites is 2. The molecule has 0 radical (unpaired) electrons. The molecule has 0 atom stereocenters. The summed E-state index contributed by atoms with van der Waals surface area (Å²) in [7, 11) is 2.08. The van der Waals surface area contributed by atoms with Gasteiger partial charge in [0, 0.05) is 26.2 Å². The predicted molar refractivity (Wildman–Crippen MR) is 127 cm³/mol. The Balaban J connectivity index is 1.82. The molecule has 6 nitrogen and oxygen atoms in total. The van der Waals surface area contributed by atoms with Crippen LogP contribution >= 0.6 is 0 Å². The van der Waals surface area contributed by atoms with Crippen LogP contribution in [0.2, 0.25) is 0 Å². The van der Waals surface area contributed by atoms with E-state index in [-0.39, 0.29) is 11.8 Å². The van der Waals surface area contributed by atoms with Gasteiger partial charge in [0.2, 0.25) is 0 Å². The van der Waals surface area contributed by atoms with Gasteiger partial charge in [-0.2, -0.15) is 0 Å². The van der Waals surface area contributed by atoms with E-state index < -0.39 is 0 Å². The van der Waals surface area contributed by atoms with Crippen molar-refractivity contribution in [1.29, 1.82) is 0 Å². The number of piperazine rings is 1. The van der Waals surface area contributed by atoms with Crippen LogP contribution in [0.1, 0.15) is 30.0 Å². The van der Waals surface area contributed by atoms with Gasteiger partial charge in [-0.15, -0.1) is 0 Å². The topological polar surface area (TPSA) is 53.1 Å². The molecule has 0 spiro atoms. The second kappa shape index (κ2) is 9.17. The molecule has 1 saturated heterocycles. The Bertz CT molecular complexity index is 1070. The van der Waals surface area contributed by atoms with Gasteiger partial charge in [-0.25, -0.2) is 4.90 Å². The first kappa shape index (κ1) is 22.1. The summed E-state index contributed by atoms with van der Waals surface area (Å²) in [5, 5.41) is 0. The van der Waals surface area contributed by atoms with Gasteiger partial charge in [-0.1, -0.05) is 42.8 Å². The van der Waals surface area contributed by atoms with Crippen LogP contribution in [0.25, 0.3) is 5.57 Å². The minimum atomic E-state index is -0.288. The standard InChI is InChI=1S/C26H31N3O3/c1-5-16-32-22-9-7-6-8-21(22)29-25(30)23(20-11-10-18(2)17-19(20)3)24(26(29)31)28-14-12-27(4)13-15-28/h6-11,17H,5,12-16H2,1-4H3. The Morgan fingerprint density at radius 1 is 0.938 bits per heavy atom. The maximum atomic E-state index is 13.9. The molecule has 0 N–H and O–H groups in total. The zero-order valence-electron chi connectivity index (χ0n) is 19.4. The molecule has 168 valence electrons. The van der Waals surface area contributed by atoms with E-state index in [1.54, 1.807) is 6.07 Å². The van der Waals surface area contributed by atoms with Crippen LogP contribution in [0.3, 0.4) is 0 Å². The summed E-state index contributed by atoms with van der Waals surface area (Å²) in [5.74, 6) is -0.0128. The van der Waals surface area contributed by atoms with Crippen molar-refractivity contribution >= 4 is 23.1 Å². The van der Waals surface area contributed by atoms with E-state index in [1.165, 1.54) is 4.90 Å². The number of anilines is 1. The lowest BCUT2D eigenvalue weighted by Crippen LogP contribution is -2.46. The fourth-order valence-corrected chi connectivity index (χ4v) is 4.37. The number of likely N-dealkylation sites (N-methyl/N-ethyl adjacent to an activating group) is 1. The largest absolute Gasteiger partial charge is 0.491 e. The molecule has 0 aromatic heterocycles. The molecule has 2 amide bonds. The van der Waals surface area contributed by atoms with Gasteiger partial charge >= 0.3 is 0 Å². The van der Waals surface area contributed by atoms with Gasteiger partial charge in [0.25, 0.3) is 11.8 Å². The molecule has 1 fully saturated rings. The molecule has 0 unspecified atom stereocenters. The van der Waals surface area contributed by atoms with Crippen LogP contribution in [0, 0.1) is 13.8 Å². The van der Waals surface area contributed by atoms with Crippen LogP contribution in [0.15, 0.2) is 48.2 Å². The number of hydrogen-bond acceptors (Lipinski definition) is 5. The summed E-state index contributed by atoms with van der Waals surface area (Å²) >= 11 is 0. The number of benzene rings is 2. The number of amides is 2. The number of carbonyl (C=O) groups excluding carboxylic acids is 2. The fraction of sp³-hybridized carbons (Fsp3) is 0.385. The monoisotopic (exact) mass is 433 g/mol. The highest BCUT2D eigenvalue weighted by molar-refractivity contribution is 6.45. The van der Waals surface area contributed by atoms with E-state index in [0.29, 0.717) is 42.4 Å². The molecule has 6 heteroatoms. The van der Waals surface area contributed by atoms with Crippen molar-refractivity contribution in [3.8, 4) is 5.75 Å². The number of hydrogen-bond donors (Lipinski definition) is 0. The normalized spacial score (nSPS) is 17.5. The summed E-state index contributed by atoms with van der Waals surface area (Å²) in [6.07, 6.45) is 0.842. The molecular weight excluding hydrogens is 402 g/mol. The van der Waals surface area contributed by atoms with E-state index in [1.807, 2.05) is 51.1 Å². The first-order valence-corrected chi connectivity index (χ1v) is 11.3. The molecule has 4 rings (SSSR count). The Morgan fingerprint density at radius 2 is 1.66 bits per heavy atom. The Labute approximate surface area is 190 Å². The highest BCUT2D eigenvalue weighted by atomic mass is 16.5. The molecule has 0 saturated carbocycles. The lowest BCUT2D eigenvalue weighted by Gasteiger charge is -2.34. The Hall–Kier alpha value is -3.12. The average Bonchev–Trinajstić information content (AvgIpc) is 3.03. The number of carbonyl (C=O) groups is 2. The summed E-state index contributed by atoms with van der Waals surface area (Å²) < 4.78 is 5.89. The SMILES string of the molecule is CCCOc1ccccc1N1C(=O)C(c2ccc(C)cc2C)=C(N2CCN(C)CC2)C1=O. The van der Waals surface area contributed by atoms with Crippen molar-refractivity contribution in [3.63, 3.8) is 0 Å². The quantitative estimate of drug-likeness (QED) is 0.652. The van der Waals surface area contributed by atoms with Gasteiger partial charge in [0.15, 0.2) is 0 Å². The van der Waals surface area contributed by atoms with Crippen molar-refractivity contribution in [1.82, 2.24) is 9.80 Å². The lowest BCUT2D eigenvalue weighted by molar-refractivity contribution is -0.120. The van der Waals surface area contributed by atoms with Crippen molar-refractivity contribution in [2.24, 2.45) is 0 Å². The van der Waals surface area contributed by atoms with Crippen LogP contribution in [0.4, 0.5) is 5.69 Å². The van der Waals surface area contributed by atoms with E-state index in [4.69, 9.17) is 4.74 Å². The van der Waals surface area contributed by atoms with Crippen molar-refractivity contribution < 1.29 is 14.3 Å². The summed E-state index contributed by atoms with van der Waals surface area (Å²) in [5.41, 5.74) is 4.42. The molecule has 32 heavy (non-hydrogen) atoms. The van der Waals surface area contributed by atoms with Crippen LogP contribution < -0.4 is 9.64 Å². The highest BCUT2D eigenvalue weighted by Crippen LogP contribution is 2.39. The van der Waals surface area contributed by atoms with Gasteiger partial charge in [0.05, 0.1) is 17.9 Å². The molecule has 2 aromatic carbocycles. The minimum Gasteiger partial charge on any atom is -0.491 e. The molecule has 0 aliphatic carbocycles. The van der Waals surface area contributed by atoms with Crippen molar-refractivity contribution in [2.75, 3.05) is 44.7 Å². The number of aryl methyl sites for hydroxylation is 2. The number of imide groups is 1. The average molecular weight is 434 g/mol. The third kappa shape index (κ3) is 4.02. The van der Waals surface area contributed by atoms with E-state index >= 15 is 0 Å². The van der Waals surface area contributed by atoms with Gasteiger partial charge in [0.1, 0.15) is 11.4 Å². The predicted octanol–water partition coefficient (Wildman–Crippen LogP) is 3.62. The molecule has 0 bridgehead atoms. The molecular formula is C26H31N3O3. The Kier molecular flexibility index (Phi) is 6.33. The number of nitrogens with zero attached hydrogens (tertiary/aromatic N) is 3. The van der Waals surface area contributed by atoms with Crippen LogP contribution in [-0.4, -0.2) is 61.4 Å². The molecule has 2 aliphatic rings. The fourth-order valence-electron chi connectivity index (χ4n) is 4.37. The number of ether oxygens (including phenoxy) is 1. The van der Waals surface area contributed by atoms with Crippen molar-refractivity contribution in [2.45, 2.75) is 27.2 Å². The van der Waals surface area contributed by atoms with Crippen molar-refractivity contribution in [3.05, 3.63) is 64.9 Å². The smallest absolute Gasteiger partial charge is 0.282 e. The summed E-state index contributed by atoms with van der Waals surface area (Å²) in [4.78, 5) is 33.3. The van der Waals surface area contributed by atoms with Crippen LogP contribution in [-0.2, 0) is 9.59 Å². The maximum absolute atomic E-state index is 13.9. The first-order valence-electron chi connectivity index (χ1n) is 11.3. The third-order valence-corrected chi connectivity index (χ3v) is 6.10. The third-order valence-electron chi connectivity index (χ3n) is 6.10. The Morgan fingerprint density at radius 3 is 2.34 bits per heavy atom. The molecule has 2 aliphatic heterocycles. The second-order valence-corrected chi connectivity index (χ2v) is 8.59. The lowest BCUT2D eigenvalue weighted by atomic mass is 9.97. The molecule has 2 heterocycles. The van der Waals surface area contributed by atoms with E-state index in [9.17, 15) is 9.59 Å². The van der Waals surface area contributed by atoms with Gasteiger partial charge < -0.3 is 14.5 Å². The van der Waals surface area contributed by atoms with Gasteiger partial charge in [-0.05, 0) is 50.6 Å². The number of rotatable bonds is 6. The van der Waals surface area contributed by atoms with E-state index in [2.05, 4.69) is 22.9 Å². The zero-order valence-corrected chi connectivity index (χ0v) is 19.4. The molecule has 2 aromatic rings. The summed E-state index contributed by atoms with van der Waals surface area (Å²) in [6, 6.07) is 13.3.